The van der Waals surface area contributed by atoms with E-state index in [1.165, 1.54) is 7.11 Å². The molecule has 1 saturated heterocycles. The first-order valence-corrected chi connectivity index (χ1v) is 6.40. The molecule has 1 aliphatic heterocycles. The van der Waals surface area contributed by atoms with Crippen LogP contribution in [-0.4, -0.2) is 39.3 Å². The molecule has 0 saturated carbocycles. The Morgan fingerprint density at radius 3 is 2.65 bits per heavy atom. The second-order valence-electron chi connectivity index (χ2n) is 4.65. The summed E-state index contributed by atoms with van der Waals surface area (Å²) < 4.78 is 9.60. The van der Waals surface area contributed by atoms with Gasteiger partial charge < -0.3 is 19.7 Å². The topological polar surface area (TPSA) is 67.9 Å². The number of methoxy groups -OCH3 is 2. The number of carbonyl (C=O) groups excluding carboxylic acids is 2. The highest BCUT2D eigenvalue weighted by molar-refractivity contribution is 5.95. The van der Waals surface area contributed by atoms with Crippen molar-refractivity contribution in [2.45, 2.75) is 6.42 Å². The van der Waals surface area contributed by atoms with Gasteiger partial charge in [-0.05, 0) is 24.3 Å². The van der Waals surface area contributed by atoms with Gasteiger partial charge in [0.1, 0.15) is 5.75 Å². The Labute approximate surface area is 117 Å². The van der Waals surface area contributed by atoms with Crippen molar-refractivity contribution in [3.05, 3.63) is 24.3 Å². The van der Waals surface area contributed by atoms with Crippen LogP contribution in [0.5, 0.6) is 5.75 Å². The third-order valence-corrected chi connectivity index (χ3v) is 3.31. The zero-order valence-corrected chi connectivity index (χ0v) is 11.6. The lowest BCUT2D eigenvalue weighted by Crippen LogP contribution is -2.31. The van der Waals surface area contributed by atoms with Crippen LogP contribution in [0.1, 0.15) is 6.42 Å². The van der Waals surface area contributed by atoms with Crippen LogP contribution in [0.4, 0.5) is 10.5 Å². The van der Waals surface area contributed by atoms with Crippen LogP contribution >= 0.6 is 0 Å². The summed E-state index contributed by atoms with van der Waals surface area (Å²) in [5.74, 6) is 0.917. The van der Waals surface area contributed by atoms with Crippen LogP contribution < -0.4 is 15.0 Å². The monoisotopic (exact) mass is 278 g/mol. The van der Waals surface area contributed by atoms with Gasteiger partial charge in [-0.25, -0.2) is 4.79 Å². The van der Waals surface area contributed by atoms with Crippen LogP contribution in [0.3, 0.4) is 0 Å². The van der Waals surface area contributed by atoms with E-state index in [0.29, 0.717) is 19.5 Å². The van der Waals surface area contributed by atoms with Crippen molar-refractivity contribution in [3.63, 3.8) is 0 Å². The molecule has 6 nitrogen and oxygen atoms in total. The lowest BCUT2D eigenvalue weighted by atomic mass is 10.1. The van der Waals surface area contributed by atoms with E-state index < -0.39 is 6.09 Å². The summed E-state index contributed by atoms with van der Waals surface area (Å²) in [6.45, 7) is 1.03. The van der Waals surface area contributed by atoms with E-state index in [4.69, 9.17) is 4.74 Å². The number of alkyl carbamates (subject to hydrolysis) is 1. The molecule has 0 spiro atoms. The molecule has 1 fully saturated rings. The van der Waals surface area contributed by atoms with Crippen LogP contribution in [-0.2, 0) is 9.53 Å². The van der Waals surface area contributed by atoms with Crippen LogP contribution in [0, 0.1) is 5.92 Å². The van der Waals surface area contributed by atoms with Crippen LogP contribution in [0.15, 0.2) is 24.3 Å². The first-order valence-electron chi connectivity index (χ1n) is 6.40. The molecular weight excluding hydrogens is 260 g/mol. The van der Waals surface area contributed by atoms with E-state index in [1.807, 2.05) is 24.3 Å². The van der Waals surface area contributed by atoms with E-state index in [9.17, 15) is 9.59 Å². The lowest BCUT2D eigenvalue weighted by molar-refractivity contribution is -0.117. The molecule has 1 heterocycles. The van der Waals surface area contributed by atoms with Gasteiger partial charge in [0.15, 0.2) is 0 Å². The van der Waals surface area contributed by atoms with Gasteiger partial charge in [0.05, 0.1) is 14.2 Å². The highest BCUT2D eigenvalue weighted by atomic mass is 16.5. The maximum atomic E-state index is 12.0. The SMILES string of the molecule is COC(=O)NCC1CC(=O)N(c2ccc(OC)cc2)C1. The highest BCUT2D eigenvalue weighted by Gasteiger charge is 2.30. The Balaban J connectivity index is 1.96. The quantitative estimate of drug-likeness (QED) is 0.904. The van der Waals surface area contributed by atoms with Gasteiger partial charge in [0.2, 0.25) is 5.91 Å². The van der Waals surface area contributed by atoms with Gasteiger partial charge in [-0.3, -0.25) is 4.79 Å². The largest absolute Gasteiger partial charge is 0.497 e. The van der Waals surface area contributed by atoms with Crippen LogP contribution in [0.2, 0.25) is 0 Å². The predicted octanol–water partition coefficient (Wildman–Crippen LogP) is 1.40. The first-order chi connectivity index (χ1) is 9.63. The molecule has 108 valence electrons. The number of hydrogen-bond acceptors (Lipinski definition) is 4. The van der Waals surface area contributed by atoms with Gasteiger partial charge in [-0.15, -0.1) is 0 Å². The maximum Gasteiger partial charge on any atom is 0.406 e. The van der Waals surface area contributed by atoms with Crippen molar-refractivity contribution in [2.24, 2.45) is 5.92 Å². The van der Waals surface area contributed by atoms with Gasteiger partial charge in [-0.2, -0.15) is 0 Å². The van der Waals surface area contributed by atoms with Crippen molar-refractivity contribution < 1.29 is 19.1 Å². The number of rotatable bonds is 4. The second kappa shape index (κ2) is 6.27. The molecule has 2 rings (SSSR count). The number of benzene rings is 1. The number of carbonyl (C=O) groups is 2. The van der Waals surface area contributed by atoms with E-state index in [0.717, 1.165) is 11.4 Å². The summed E-state index contributed by atoms with van der Waals surface area (Å²) in [7, 11) is 2.92. The third kappa shape index (κ3) is 3.20. The number of anilines is 1. The molecule has 0 aromatic heterocycles. The summed E-state index contributed by atoms with van der Waals surface area (Å²) in [5, 5.41) is 2.63. The molecule has 6 heteroatoms. The zero-order valence-electron chi connectivity index (χ0n) is 11.6. The third-order valence-electron chi connectivity index (χ3n) is 3.31. The molecule has 1 aromatic carbocycles. The molecule has 0 radical (unpaired) electrons. The Morgan fingerprint density at radius 1 is 1.35 bits per heavy atom. The maximum absolute atomic E-state index is 12.0. The highest BCUT2D eigenvalue weighted by Crippen LogP contribution is 2.26. The first kappa shape index (κ1) is 14.2. The Hall–Kier alpha value is -2.24. The minimum atomic E-state index is -0.472. The molecule has 2 amide bonds. The summed E-state index contributed by atoms with van der Waals surface area (Å²) >= 11 is 0. The summed E-state index contributed by atoms with van der Waals surface area (Å²) in [4.78, 5) is 24.8. The number of nitrogens with one attached hydrogen (secondary N) is 1. The molecular formula is C14H18N2O4. The average Bonchev–Trinajstić information content (AvgIpc) is 2.86. The minimum absolute atomic E-state index is 0.0619. The molecule has 1 aromatic rings. The molecule has 1 unspecified atom stereocenters. The fraction of sp³-hybridized carbons (Fsp3) is 0.429. The molecule has 0 aliphatic carbocycles. The standard InChI is InChI=1S/C14H18N2O4/c1-19-12-5-3-11(4-6-12)16-9-10(7-13(16)17)8-15-14(18)20-2/h3-6,10H,7-9H2,1-2H3,(H,15,18). The fourth-order valence-corrected chi connectivity index (χ4v) is 2.23. The molecule has 0 bridgehead atoms. The summed E-state index contributed by atoms with van der Waals surface area (Å²) in [6.07, 6.45) is -0.0453. The Bertz CT molecular complexity index is 486. The summed E-state index contributed by atoms with van der Waals surface area (Å²) in [6, 6.07) is 7.35. The number of hydrogen-bond donors (Lipinski definition) is 1. The van der Waals surface area contributed by atoms with E-state index in [2.05, 4.69) is 10.1 Å². The number of amides is 2. The smallest absolute Gasteiger partial charge is 0.406 e. The van der Waals surface area contributed by atoms with Gasteiger partial charge in [0, 0.05) is 31.1 Å². The molecule has 20 heavy (non-hydrogen) atoms. The number of ether oxygens (including phenoxy) is 2. The van der Waals surface area contributed by atoms with Crippen molar-refractivity contribution >= 4 is 17.7 Å². The van der Waals surface area contributed by atoms with E-state index in [-0.39, 0.29) is 11.8 Å². The lowest BCUT2D eigenvalue weighted by Gasteiger charge is -2.17. The predicted molar refractivity (Wildman–Crippen MR) is 73.9 cm³/mol. The minimum Gasteiger partial charge on any atom is -0.497 e. The van der Waals surface area contributed by atoms with Gasteiger partial charge >= 0.3 is 6.09 Å². The van der Waals surface area contributed by atoms with Crippen molar-refractivity contribution in [3.8, 4) is 5.75 Å². The average molecular weight is 278 g/mol. The fourth-order valence-electron chi connectivity index (χ4n) is 2.23. The molecule has 1 N–H and O–H groups in total. The summed E-state index contributed by atoms with van der Waals surface area (Å²) in [5.41, 5.74) is 0.844. The van der Waals surface area contributed by atoms with Crippen LogP contribution in [0.25, 0.3) is 0 Å². The Morgan fingerprint density at radius 2 is 2.05 bits per heavy atom. The van der Waals surface area contributed by atoms with Crippen molar-refractivity contribution in [2.75, 3.05) is 32.2 Å². The van der Waals surface area contributed by atoms with Gasteiger partial charge in [-0.1, -0.05) is 0 Å². The normalized spacial score (nSPS) is 18.0. The van der Waals surface area contributed by atoms with E-state index >= 15 is 0 Å². The second-order valence-corrected chi connectivity index (χ2v) is 4.65. The zero-order chi connectivity index (χ0) is 14.5. The van der Waals surface area contributed by atoms with Crippen molar-refractivity contribution in [1.29, 1.82) is 0 Å². The van der Waals surface area contributed by atoms with Crippen molar-refractivity contribution in [1.82, 2.24) is 5.32 Å². The molecule has 1 atom stereocenters. The van der Waals surface area contributed by atoms with E-state index in [1.54, 1.807) is 12.0 Å². The molecule has 1 aliphatic rings. The van der Waals surface area contributed by atoms with Gasteiger partial charge in [0.25, 0.3) is 0 Å². The number of nitrogens with zero attached hydrogens (tertiary/aromatic N) is 1. The Kier molecular flexibility index (Phi) is 4.45.